The van der Waals surface area contributed by atoms with Crippen molar-refractivity contribution in [3.63, 3.8) is 0 Å². The van der Waals surface area contributed by atoms with E-state index in [4.69, 9.17) is 9.72 Å². The summed E-state index contributed by atoms with van der Waals surface area (Å²) in [6.07, 6.45) is 2.23. The normalized spacial score (nSPS) is 11.0. The number of carbonyl (C=O) groups is 1. The van der Waals surface area contributed by atoms with Crippen molar-refractivity contribution in [2.75, 3.05) is 6.61 Å². The summed E-state index contributed by atoms with van der Waals surface area (Å²) in [7, 11) is 0. The molecule has 1 N–H and O–H groups in total. The van der Waals surface area contributed by atoms with Crippen LogP contribution in [-0.2, 0) is 24.3 Å². The van der Waals surface area contributed by atoms with Crippen LogP contribution in [0.5, 0.6) is 5.75 Å². The first-order chi connectivity index (χ1) is 19.1. The number of unbranched alkanes of at least 4 members (excludes halogenated alkanes) is 1. The van der Waals surface area contributed by atoms with Crippen molar-refractivity contribution in [3.05, 3.63) is 120 Å². The van der Waals surface area contributed by atoms with Gasteiger partial charge in [-0.2, -0.15) is 0 Å². The summed E-state index contributed by atoms with van der Waals surface area (Å²) >= 11 is 0. The van der Waals surface area contributed by atoms with Crippen molar-refractivity contribution in [2.45, 2.75) is 46.2 Å². The lowest BCUT2D eigenvalue weighted by atomic mass is 10.0. The first-order valence-corrected chi connectivity index (χ1v) is 13.6. The van der Waals surface area contributed by atoms with E-state index in [0.717, 1.165) is 53.1 Å². The monoisotopic (exact) mass is 517 g/mol. The molecular weight excluding hydrogens is 482 g/mol. The number of aromatic nitrogens is 2. The third kappa shape index (κ3) is 6.74. The molecule has 5 nitrogen and oxygen atoms in total. The van der Waals surface area contributed by atoms with Crippen molar-refractivity contribution in [3.8, 4) is 16.9 Å². The highest BCUT2D eigenvalue weighted by atomic mass is 16.5. The second-order valence-corrected chi connectivity index (χ2v) is 10.0. The number of hydrogen-bond acceptors (Lipinski definition) is 3. The number of rotatable bonds is 11. The Kier molecular flexibility index (Phi) is 8.37. The second kappa shape index (κ2) is 12.4. The Morgan fingerprint density at radius 3 is 2.38 bits per heavy atom. The Hall–Kier alpha value is -4.38. The van der Waals surface area contributed by atoms with Gasteiger partial charge in [-0.05, 0) is 67.1 Å². The first-order valence-electron chi connectivity index (χ1n) is 13.6. The van der Waals surface area contributed by atoms with Crippen LogP contribution in [-0.4, -0.2) is 22.1 Å². The number of hydrogen-bond donors (Lipinski definition) is 1. The molecule has 5 heteroatoms. The largest absolute Gasteiger partial charge is 0.493 e. The molecule has 0 fully saturated rings. The second-order valence-electron chi connectivity index (χ2n) is 10.0. The standard InChI is InChI=1S/C34H35N3O2/c1-25-14-19-32(26(2)22-25)39-21-9-8-20-37-31-13-7-6-12-30(31)36-33(37)24-35-34(38)23-27-15-17-29(18-16-27)28-10-4-3-5-11-28/h3-7,10-19,22H,8-9,20-21,23-24H2,1-2H3,(H,35,38). The van der Waals surface area contributed by atoms with Crippen LogP contribution >= 0.6 is 0 Å². The average molecular weight is 518 g/mol. The summed E-state index contributed by atoms with van der Waals surface area (Å²) < 4.78 is 8.24. The van der Waals surface area contributed by atoms with E-state index in [1.807, 2.05) is 54.6 Å². The zero-order valence-corrected chi connectivity index (χ0v) is 22.7. The number of imidazole rings is 1. The molecule has 0 saturated carbocycles. The maximum absolute atomic E-state index is 12.8. The molecule has 0 bridgehead atoms. The zero-order chi connectivity index (χ0) is 27.0. The van der Waals surface area contributed by atoms with Gasteiger partial charge in [-0.1, -0.05) is 84.4 Å². The molecule has 1 aromatic heterocycles. The lowest BCUT2D eigenvalue weighted by molar-refractivity contribution is -0.120. The lowest BCUT2D eigenvalue weighted by Gasteiger charge is -2.12. The number of nitrogens with one attached hydrogen (secondary N) is 1. The number of benzene rings is 4. The van der Waals surface area contributed by atoms with Crippen molar-refractivity contribution in [2.24, 2.45) is 0 Å². The van der Waals surface area contributed by atoms with Crippen LogP contribution in [0, 0.1) is 13.8 Å². The minimum atomic E-state index is -0.0112. The molecule has 5 rings (SSSR count). The molecule has 0 aliphatic carbocycles. The third-order valence-corrected chi connectivity index (χ3v) is 6.97. The number of fused-ring (bicyclic) bond motifs is 1. The van der Waals surface area contributed by atoms with Gasteiger partial charge in [-0.25, -0.2) is 4.98 Å². The molecule has 1 heterocycles. The van der Waals surface area contributed by atoms with Crippen LogP contribution in [0.2, 0.25) is 0 Å². The van der Waals surface area contributed by atoms with Gasteiger partial charge >= 0.3 is 0 Å². The molecule has 0 atom stereocenters. The Morgan fingerprint density at radius 1 is 0.846 bits per heavy atom. The summed E-state index contributed by atoms with van der Waals surface area (Å²) in [6, 6.07) is 32.9. The first kappa shape index (κ1) is 26.2. The highest BCUT2D eigenvalue weighted by molar-refractivity contribution is 5.79. The molecule has 39 heavy (non-hydrogen) atoms. The summed E-state index contributed by atoms with van der Waals surface area (Å²) in [5, 5.41) is 3.08. The summed E-state index contributed by atoms with van der Waals surface area (Å²) in [4.78, 5) is 17.6. The van der Waals surface area contributed by atoms with E-state index in [9.17, 15) is 4.79 Å². The summed E-state index contributed by atoms with van der Waals surface area (Å²) in [5.74, 6) is 1.81. The molecule has 0 aliphatic heterocycles. The van der Waals surface area contributed by atoms with Crippen molar-refractivity contribution < 1.29 is 9.53 Å². The fourth-order valence-electron chi connectivity index (χ4n) is 4.90. The van der Waals surface area contributed by atoms with E-state index in [0.29, 0.717) is 19.6 Å². The lowest BCUT2D eigenvalue weighted by Crippen LogP contribution is -2.26. The molecule has 198 valence electrons. The van der Waals surface area contributed by atoms with E-state index >= 15 is 0 Å². The maximum Gasteiger partial charge on any atom is 0.224 e. The molecule has 0 saturated heterocycles. The van der Waals surface area contributed by atoms with E-state index in [1.165, 1.54) is 16.7 Å². The molecule has 1 amide bonds. The fourth-order valence-corrected chi connectivity index (χ4v) is 4.90. The van der Waals surface area contributed by atoms with E-state index in [-0.39, 0.29) is 5.91 Å². The van der Waals surface area contributed by atoms with Crippen molar-refractivity contribution >= 4 is 16.9 Å². The van der Waals surface area contributed by atoms with Gasteiger partial charge in [-0.3, -0.25) is 4.79 Å². The van der Waals surface area contributed by atoms with Crippen LogP contribution in [0.3, 0.4) is 0 Å². The molecule has 0 aliphatic rings. The number of ether oxygens (including phenoxy) is 1. The van der Waals surface area contributed by atoms with Gasteiger partial charge < -0.3 is 14.6 Å². The van der Waals surface area contributed by atoms with Crippen molar-refractivity contribution in [1.29, 1.82) is 0 Å². The molecule has 0 unspecified atom stereocenters. The van der Waals surface area contributed by atoms with Crippen LogP contribution in [0.1, 0.15) is 35.4 Å². The van der Waals surface area contributed by atoms with Crippen LogP contribution in [0.15, 0.2) is 97.1 Å². The summed E-state index contributed by atoms with van der Waals surface area (Å²) in [6.45, 7) is 6.07. The van der Waals surface area contributed by atoms with Gasteiger partial charge in [0.1, 0.15) is 11.6 Å². The Morgan fingerprint density at radius 2 is 1.59 bits per heavy atom. The SMILES string of the molecule is Cc1ccc(OCCCCn2c(CNC(=O)Cc3ccc(-c4ccccc4)cc3)nc3ccccc32)c(C)c1. The predicted octanol–water partition coefficient (Wildman–Crippen LogP) is 7.04. The van der Waals surface area contributed by atoms with Gasteiger partial charge in [0, 0.05) is 6.54 Å². The van der Waals surface area contributed by atoms with Crippen LogP contribution in [0.4, 0.5) is 0 Å². The molecule has 0 radical (unpaired) electrons. The van der Waals surface area contributed by atoms with E-state index in [1.54, 1.807) is 0 Å². The average Bonchev–Trinajstić information content (AvgIpc) is 3.31. The minimum Gasteiger partial charge on any atom is -0.493 e. The fraction of sp³-hybridized carbons (Fsp3) is 0.235. The van der Waals surface area contributed by atoms with Crippen LogP contribution < -0.4 is 10.1 Å². The number of nitrogens with zero attached hydrogens (tertiary/aromatic N) is 2. The quantitative estimate of drug-likeness (QED) is 0.191. The highest BCUT2D eigenvalue weighted by Crippen LogP contribution is 2.21. The third-order valence-electron chi connectivity index (χ3n) is 6.97. The molecule has 4 aromatic carbocycles. The van der Waals surface area contributed by atoms with Gasteiger partial charge in [0.2, 0.25) is 5.91 Å². The Bertz CT molecular complexity index is 1540. The smallest absolute Gasteiger partial charge is 0.224 e. The molecule has 5 aromatic rings. The van der Waals surface area contributed by atoms with Gasteiger partial charge in [0.05, 0.1) is 30.6 Å². The van der Waals surface area contributed by atoms with Gasteiger partial charge in [0.15, 0.2) is 0 Å². The maximum atomic E-state index is 12.8. The predicted molar refractivity (Wildman–Crippen MR) is 158 cm³/mol. The summed E-state index contributed by atoms with van der Waals surface area (Å²) in [5.41, 5.74) is 7.76. The number of para-hydroxylation sites is 2. The molecular formula is C34H35N3O2. The minimum absolute atomic E-state index is 0.0112. The van der Waals surface area contributed by atoms with Crippen LogP contribution in [0.25, 0.3) is 22.2 Å². The molecule has 0 spiro atoms. The Labute approximate surface area is 230 Å². The van der Waals surface area contributed by atoms with Crippen molar-refractivity contribution in [1.82, 2.24) is 14.9 Å². The topological polar surface area (TPSA) is 56.1 Å². The van der Waals surface area contributed by atoms with E-state index in [2.05, 4.69) is 66.2 Å². The van der Waals surface area contributed by atoms with Gasteiger partial charge in [0.25, 0.3) is 0 Å². The Balaban J connectivity index is 1.16. The number of aryl methyl sites for hydroxylation is 3. The van der Waals surface area contributed by atoms with Gasteiger partial charge in [-0.15, -0.1) is 0 Å². The number of carbonyl (C=O) groups excluding carboxylic acids is 1. The zero-order valence-electron chi connectivity index (χ0n) is 22.7. The highest BCUT2D eigenvalue weighted by Gasteiger charge is 2.12. The number of amides is 1. The van der Waals surface area contributed by atoms with E-state index < -0.39 is 0 Å².